The van der Waals surface area contributed by atoms with Gasteiger partial charge < -0.3 is 9.32 Å². The van der Waals surface area contributed by atoms with Crippen molar-refractivity contribution in [1.82, 2.24) is 15.0 Å². The zero-order valence-electron chi connectivity index (χ0n) is 12.4. The van der Waals surface area contributed by atoms with Gasteiger partial charge in [0.15, 0.2) is 0 Å². The SMILES string of the molecule is Fc1cncc(N2CCCc3oc(-c4ccccn4)nc3C2)c1. The van der Waals surface area contributed by atoms with Crippen molar-refractivity contribution in [2.24, 2.45) is 0 Å². The Bertz CT molecular complexity index is 818. The lowest BCUT2D eigenvalue weighted by molar-refractivity contribution is 0.511. The summed E-state index contributed by atoms with van der Waals surface area (Å²) in [6, 6.07) is 7.13. The van der Waals surface area contributed by atoms with Gasteiger partial charge in [-0.05, 0) is 18.6 Å². The van der Waals surface area contributed by atoms with Crippen LogP contribution < -0.4 is 4.90 Å². The fourth-order valence-electron chi connectivity index (χ4n) is 2.79. The Balaban J connectivity index is 1.65. The number of hydrogen-bond donors (Lipinski definition) is 0. The number of halogens is 1. The molecule has 1 aliphatic heterocycles. The monoisotopic (exact) mass is 310 g/mol. The molecule has 5 nitrogen and oxygen atoms in total. The van der Waals surface area contributed by atoms with Crippen molar-refractivity contribution in [3.05, 3.63) is 60.1 Å². The molecule has 0 amide bonds. The molecular formula is C17H15FN4O. The molecule has 0 aromatic carbocycles. The van der Waals surface area contributed by atoms with E-state index >= 15 is 0 Å². The van der Waals surface area contributed by atoms with Crippen LogP contribution in [-0.4, -0.2) is 21.5 Å². The number of hydrogen-bond acceptors (Lipinski definition) is 5. The second-order valence-corrected chi connectivity index (χ2v) is 5.49. The topological polar surface area (TPSA) is 55.1 Å². The van der Waals surface area contributed by atoms with Crippen LogP contribution in [-0.2, 0) is 13.0 Å². The summed E-state index contributed by atoms with van der Waals surface area (Å²) in [4.78, 5) is 14.9. The average Bonchev–Trinajstić information content (AvgIpc) is 2.87. The third-order valence-electron chi connectivity index (χ3n) is 3.89. The zero-order valence-corrected chi connectivity index (χ0v) is 12.4. The number of oxazole rings is 1. The van der Waals surface area contributed by atoms with E-state index in [0.29, 0.717) is 12.4 Å². The third-order valence-corrected chi connectivity index (χ3v) is 3.89. The van der Waals surface area contributed by atoms with Crippen molar-refractivity contribution in [1.29, 1.82) is 0 Å². The molecule has 1 aliphatic rings. The molecule has 3 aromatic heterocycles. The van der Waals surface area contributed by atoms with Crippen LogP contribution in [0.3, 0.4) is 0 Å². The number of pyridine rings is 2. The van der Waals surface area contributed by atoms with E-state index in [1.54, 1.807) is 12.4 Å². The summed E-state index contributed by atoms with van der Waals surface area (Å²) in [6.07, 6.45) is 6.33. The Morgan fingerprint density at radius 1 is 1.22 bits per heavy atom. The number of nitrogens with zero attached hydrogens (tertiary/aromatic N) is 4. The summed E-state index contributed by atoms with van der Waals surface area (Å²) in [6.45, 7) is 1.40. The van der Waals surface area contributed by atoms with Gasteiger partial charge in [-0.2, -0.15) is 0 Å². The largest absolute Gasteiger partial charge is 0.440 e. The first-order valence-electron chi connectivity index (χ1n) is 7.55. The second kappa shape index (κ2) is 5.79. The molecule has 23 heavy (non-hydrogen) atoms. The standard InChI is InChI=1S/C17H15FN4O/c18-12-8-13(10-19-9-12)22-7-3-5-16-15(11-22)21-17(23-16)14-4-1-2-6-20-14/h1-2,4,6,8-10H,3,5,7,11H2. The lowest BCUT2D eigenvalue weighted by atomic mass is 10.2. The van der Waals surface area contributed by atoms with Gasteiger partial charge in [0, 0.05) is 25.2 Å². The highest BCUT2D eigenvalue weighted by molar-refractivity contribution is 5.49. The van der Waals surface area contributed by atoms with Crippen molar-refractivity contribution in [2.45, 2.75) is 19.4 Å². The summed E-state index contributed by atoms with van der Waals surface area (Å²) in [5, 5.41) is 0. The molecule has 0 spiro atoms. The summed E-state index contributed by atoms with van der Waals surface area (Å²) < 4.78 is 19.3. The summed E-state index contributed by atoms with van der Waals surface area (Å²) >= 11 is 0. The van der Waals surface area contributed by atoms with E-state index in [-0.39, 0.29) is 5.82 Å². The summed E-state index contributed by atoms with van der Waals surface area (Å²) in [5.74, 6) is 1.09. The molecule has 0 unspecified atom stereocenters. The van der Waals surface area contributed by atoms with Gasteiger partial charge in [0.1, 0.15) is 23.0 Å². The van der Waals surface area contributed by atoms with Gasteiger partial charge in [0.05, 0.1) is 24.6 Å². The van der Waals surface area contributed by atoms with E-state index < -0.39 is 0 Å². The Hall–Kier alpha value is -2.76. The number of fused-ring (bicyclic) bond motifs is 1. The summed E-state index contributed by atoms with van der Waals surface area (Å²) in [7, 11) is 0. The van der Waals surface area contributed by atoms with Crippen LogP contribution in [0.25, 0.3) is 11.6 Å². The maximum absolute atomic E-state index is 13.4. The van der Waals surface area contributed by atoms with E-state index in [2.05, 4.69) is 19.9 Å². The van der Waals surface area contributed by atoms with Crippen LogP contribution in [0.5, 0.6) is 0 Å². The lowest BCUT2D eigenvalue weighted by Gasteiger charge is -2.21. The second-order valence-electron chi connectivity index (χ2n) is 5.49. The first-order valence-corrected chi connectivity index (χ1v) is 7.55. The van der Waals surface area contributed by atoms with E-state index in [0.717, 1.165) is 42.2 Å². The number of anilines is 1. The number of aryl methyl sites for hydroxylation is 1. The van der Waals surface area contributed by atoms with Crippen LogP contribution in [0.2, 0.25) is 0 Å². The molecular weight excluding hydrogens is 295 g/mol. The molecule has 0 saturated heterocycles. The van der Waals surface area contributed by atoms with Gasteiger partial charge in [-0.3, -0.25) is 9.97 Å². The third kappa shape index (κ3) is 2.79. The maximum atomic E-state index is 13.4. The molecule has 0 saturated carbocycles. The van der Waals surface area contributed by atoms with Crippen LogP contribution in [0.1, 0.15) is 17.9 Å². The van der Waals surface area contributed by atoms with E-state index in [1.807, 2.05) is 18.2 Å². The van der Waals surface area contributed by atoms with Crippen LogP contribution in [0, 0.1) is 5.82 Å². The lowest BCUT2D eigenvalue weighted by Crippen LogP contribution is -2.23. The molecule has 6 heteroatoms. The predicted molar refractivity (Wildman–Crippen MR) is 83.3 cm³/mol. The first kappa shape index (κ1) is 13.9. The Morgan fingerprint density at radius 3 is 3.00 bits per heavy atom. The van der Waals surface area contributed by atoms with Gasteiger partial charge in [-0.1, -0.05) is 6.07 Å². The molecule has 0 atom stereocenters. The van der Waals surface area contributed by atoms with Crippen LogP contribution >= 0.6 is 0 Å². The molecule has 0 aliphatic carbocycles. The minimum absolute atomic E-state index is 0.332. The van der Waals surface area contributed by atoms with Gasteiger partial charge in [-0.15, -0.1) is 0 Å². The number of rotatable bonds is 2. The predicted octanol–water partition coefficient (Wildman–Crippen LogP) is 3.22. The Kier molecular flexibility index (Phi) is 3.49. The maximum Gasteiger partial charge on any atom is 0.245 e. The van der Waals surface area contributed by atoms with E-state index in [9.17, 15) is 4.39 Å². The van der Waals surface area contributed by atoms with Gasteiger partial charge in [0.25, 0.3) is 0 Å². The van der Waals surface area contributed by atoms with Gasteiger partial charge >= 0.3 is 0 Å². The quantitative estimate of drug-likeness (QED) is 0.727. The molecule has 0 radical (unpaired) electrons. The van der Waals surface area contributed by atoms with Gasteiger partial charge in [0.2, 0.25) is 5.89 Å². The van der Waals surface area contributed by atoms with Crippen molar-refractivity contribution in [2.75, 3.05) is 11.4 Å². The average molecular weight is 310 g/mol. The minimum Gasteiger partial charge on any atom is -0.440 e. The van der Waals surface area contributed by atoms with Crippen LogP contribution in [0.15, 0.2) is 47.3 Å². The molecule has 0 N–H and O–H groups in total. The first-order chi connectivity index (χ1) is 11.3. The highest BCUT2D eigenvalue weighted by atomic mass is 19.1. The highest BCUT2D eigenvalue weighted by Gasteiger charge is 2.22. The minimum atomic E-state index is -0.332. The molecule has 3 aromatic rings. The Labute approximate surface area is 132 Å². The van der Waals surface area contributed by atoms with Gasteiger partial charge in [-0.25, -0.2) is 9.37 Å². The fraction of sp³-hybridized carbons (Fsp3) is 0.235. The molecule has 4 heterocycles. The smallest absolute Gasteiger partial charge is 0.245 e. The van der Waals surface area contributed by atoms with E-state index in [4.69, 9.17) is 4.42 Å². The van der Waals surface area contributed by atoms with Crippen molar-refractivity contribution >= 4 is 5.69 Å². The fourth-order valence-corrected chi connectivity index (χ4v) is 2.79. The molecule has 116 valence electrons. The highest BCUT2D eigenvalue weighted by Crippen LogP contribution is 2.27. The molecule has 0 bridgehead atoms. The Morgan fingerprint density at radius 2 is 2.17 bits per heavy atom. The van der Waals surface area contributed by atoms with Crippen LogP contribution in [0.4, 0.5) is 10.1 Å². The normalized spacial score (nSPS) is 14.4. The van der Waals surface area contributed by atoms with Crippen molar-refractivity contribution in [3.8, 4) is 11.6 Å². The van der Waals surface area contributed by atoms with E-state index in [1.165, 1.54) is 12.3 Å². The summed E-state index contributed by atoms with van der Waals surface area (Å²) in [5.41, 5.74) is 2.37. The molecule has 4 rings (SSSR count). The molecule has 0 fully saturated rings. The van der Waals surface area contributed by atoms with Crippen molar-refractivity contribution in [3.63, 3.8) is 0 Å². The number of aromatic nitrogens is 3. The zero-order chi connectivity index (χ0) is 15.6. The van der Waals surface area contributed by atoms with Crippen molar-refractivity contribution < 1.29 is 8.81 Å².